The molecule has 0 saturated carbocycles. The second kappa shape index (κ2) is 4.61. The summed E-state index contributed by atoms with van der Waals surface area (Å²) in [6.45, 7) is 4.34. The van der Waals surface area contributed by atoms with Gasteiger partial charge in [-0.25, -0.2) is 0 Å². The molecule has 0 amide bonds. The van der Waals surface area contributed by atoms with E-state index in [-0.39, 0.29) is 5.60 Å². The quantitative estimate of drug-likeness (QED) is 0.347. The molecule has 0 spiro atoms. The zero-order valence-electron chi connectivity index (χ0n) is 13.8. The Labute approximate surface area is 141 Å². The molecule has 0 aromatic heterocycles. The summed E-state index contributed by atoms with van der Waals surface area (Å²) in [5.74, 6) is 0.968. The largest absolute Gasteiger partial charge is 0.482 e. The molecule has 24 heavy (non-hydrogen) atoms. The highest BCUT2D eigenvalue weighted by atomic mass is 16.5. The van der Waals surface area contributed by atoms with Crippen molar-refractivity contribution in [1.82, 2.24) is 0 Å². The molecule has 1 heteroatoms. The molecule has 4 aromatic rings. The Morgan fingerprint density at radius 2 is 1.17 bits per heavy atom. The van der Waals surface area contributed by atoms with Crippen LogP contribution in [0.25, 0.3) is 32.7 Å². The van der Waals surface area contributed by atoms with E-state index in [1.165, 1.54) is 38.2 Å². The topological polar surface area (TPSA) is 9.23 Å². The van der Waals surface area contributed by atoms with E-state index >= 15 is 0 Å². The van der Waals surface area contributed by atoms with Gasteiger partial charge in [-0.15, -0.1) is 0 Å². The number of rotatable bonds is 0. The van der Waals surface area contributed by atoms with Gasteiger partial charge in [0.25, 0.3) is 0 Å². The van der Waals surface area contributed by atoms with E-state index in [2.05, 4.69) is 80.6 Å². The molecule has 1 nitrogen and oxygen atoms in total. The van der Waals surface area contributed by atoms with Crippen LogP contribution in [-0.4, -0.2) is 0 Å². The van der Waals surface area contributed by atoms with Crippen LogP contribution >= 0.6 is 0 Å². The van der Waals surface area contributed by atoms with Gasteiger partial charge in [-0.2, -0.15) is 0 Å². The minimum atomic E-state index is -0.368. The monoisotopic (exact) mass is 310 g/mol. The SMILES string of the molecule is CC1(C)Oc2ccccc2-c2c1c1ccccc1c1ccccc21. The highest BCUT2D eigenvalue weighted by Crippen LogP contribution is 2.51. The first-order valence-electron chi connectivity index (χ1n) is 8.39. The molecule has 1 aliphatic rings. The van der Waals surface area contributed by atoms with Gasteiger partial charge in [0.05, 0.1) is 0 Å². The number of para-hydroxylation sites is 1. The maximum atomic E-state index is 6.40. The molecular weight excluding hydrogens is 292 g/mol. The van der Waals surface area contributed by atoms with Crippen LogP contribution in [-0.2, 0) is 5.60 Å². The van der Waals surface area contributed by atoms with Crippen molar-refractivity contribution in [2.24, 2.45) is 0 Å². The molecule has 5 rings (SSSR count). The molecule has 1 aliphatic heterocycles. The minimum absolute atomic E-state index is 0.368. The summed E-state index contributed by atoms with van der Waals surface area (Å²) in [5, 5.41) is 5.18. The van der Waals surface area contributed by atoms with Gasteiger partial charge >= 0.3 is 0 Å². The standard InChI is InChI=1S/C23H18O/c1-23(2)22-18-12-6-4-10-16(18)15-9-3-5-11-17(15)21(22)19-13-7-8-14-20(19)24-23/h3-14H,1-2H3. The van der Waals surface area contributed by atoms with Gasteiger partial charge < -0.3 is 4.74 Å². The fourth-order valence-electron chi connectivity index (χ4n) is 4.13. The van der Waals surface area contributed by atoms with Crippen LogP contribution < -0.4 is 4.74 Å². The molecular formula is C23H18O. The zero-order chi connectivity index (χ0) is 16.3. The van der Waals surface area contributed by atoms with Gasteiger partial charge in [-0.3, -0.25) is 0 Å². The maximum absolute atomic E-state index is 6.40. The third-order valence-corrected chi connectivity index (χ3v) is 5.06. The zero-order valence-corrected chi connectivity index (χ0v) is 13.8. The third kappa shape index (κ3) is 1.70. The minimum Gasteiger partial charge on any atom is -0.482 e. The van der Waals surface area contributed by atoms with Crippen LogP contribution in [0.5, 0.6) is 5.75 Å². The summed E-state index contributed by atoms with van der Waals surface area (Å²) in [5.41, 5.74) is 3.42. The lowest BCUT2D eigenvalue weighted by atomic mass is 9.79. The summed E-state index contributed by atoms with van der Waals surface area (Å²) in [6, 6.07) is 25.8. The predicted molar refractivity (Wildman–Crippen MR) is 101 cm³/mol. The Morgan fingerprint density at radius 3 is 1.92 bits per heavy atom. The Bertz CT molecular complexity index is 1110. The third-order valence-electron chi connectivity index (χ3n) is 5.06. The molecule has 0 radical (unpaired) electrons. The van der Waals surface area contributed by atoms with E-state index in [1.54, 1.807) is 0 Å². The van der Waals surface area contributed by atoms with E-state index in [4.69, 9.17) is 4.74 Å². The van der Waals surface area contributed by atoms with Crippen LogP contribution in [0.3, 0.4) is 0 Å². The lowest BCUT2D eigenvalue weighted by molar-refractivity contribution is 0.107. The summed E-state index contributed by atoms with van der Waals surface area (Å²) < 4.78 is 6.40. The van der Waals surface area contributed by atoms with E-state index in [9.17, 15) is 0 Å². The first-order valence-corrected chi connectivity index (χ1v) is 8.39. The first-order chi connectivity index (χ1) is 11.7. The molecule has 0 atom stereocenters. The van der Waals surface area contributed by atoms with Crippen molar-refractivity contribution in [3.8, 4) is 16.9 Å². The van der Waals surface area contributed by atoms with Gasteiger partial charge in [0.2, 0.25) is 0 Å². The number of ether oxygens (including phenoxy) is 1. The average Bonchev–Trinajstić information content (AvgIpc) is 2.60. The Kier molecular flexibility index (Phi) is 2.62. The van der Waals surface area contributed by atoms with E-state index in [0.29, 0.717) is 0 Å². The number of hydrogen-bond acceptors (Lipinski definition) is 1. The molecule has 0 fully saturated rings. The molecule has 0 saturated heterocycles. The number of fused-ring (bicyclic) bond motifs is 8. The highest BCUT2D eigenvalue weighted by Gasteiger charge is 2.35. The first kappa shape index (κ1) is 13.6. The van der Waals surface area contributed by atoms with E-state index in [1.807, 2.05) is 6.07 Å². The van der Waals surface area contributed by atoms with Gasteiger partial charge in [-0.05, 0) is 41.5 Å². The van der Waals surface area contributed by atoms with Crippen molar-refractivity contribution in [2.75, 3.05) is 0 Å². The van der Waals surface area contributed by atoms with Gasteiger partial charge in [0.1, 0.15) is 11.4 Å². The Hall–Kier alpha value is -2.80. The lowest BCUT2D eigenvalue weighted by Gasteiger charge is -2.37. The van der Waals surface area contributed by atoms with Crippen molar-refractivity contribution in [1.29, 1.82) is 0 Å². The lowest BCUT2D eigenvalue weighted by Crippen LogP contribution is -2.29. The summed E-state index contributed by atoms with van der Waals surface area (Å²) in [6.07, 6.45) is 0. The van der Waals surface area contributed by atoms with Crippen LogP contribution in [0.4, 0.5) is 0 Å². The Balaban J connectivity index is 2.11. The van der Waals surface area contributed by atoms with Crippen LogP contribution in [0, 0.1) is 0 Å². The van der Waals surface area contributed by atoms with Crippen molar-refractivity contribution >= 4 is 21.5 Å². The molecule has 0 unspecified atom stereocenters. The average molecular weight is 310 g/mol. The van der Waals surface area contributed by atoms with Crippen molar-refractivity contribution in [2.45, 2.75) is 19.4 Å². The normalized spacial score (nSPS) is 14.9. The smallest absolute Gasteiger partial charge is 0.130 e. The number of hydrogen-bond donors (Lipinski definition) is 0. The second-order valence-corrected chi connectivity index (χ2v) is 6.95. The second-order valence-electron chi connectivity index (χ2n) is 6.95. The van der Waals surface area contributed by atoms with E-state index < -0.39 is 0 Å². The van der Waals surface area contributed by atoms with Crippen LogP contribution in [0.2, 0.25) is 0 Å². The summed E-state index contributed by atoms with van der Waals surface area (Å²) in [4.78, 5) is 0. The highest BCUT2D eigenvalue weighted by molar-refractivity contribution is 6.17. The molecule has 0 aliphatic carbocycles. The van der Waals surface area contributed by atoms with Gasteiger partial charge in [0, 0.05) is 16.7 Å². The molecule has 1 heterocycles. The van der Waals surface area contributed by atoms with E-state index in [0.717, 1.165) is 5.75 Å². The summed E-state index contributed by atoms with van der Waals surface area (Å²) >= 11 is 0. The van der Waals surface area contributed by atoms with Crippen LogP contribution in [0.1, 0.15) is 19.4 Å². The predicted octanol–water partition coefficient (Wildman–Crippen LogP) is 6.29. The Morgan fingerprint density at radius 1 is 0.625 bits per heavy atom. The number of benzene rings is 4. The molecule has 116 valence electrons. The van der Waals surface area contributed by atoms with Gasteiger partial charge in [-0.1, -0.05) is 66.7 Å². The van der Waals surface area contributed by atoms with Crippen molar-refractivity contribution < 1.29 is 4.74 Å². The van der Waals surface area contributed by atoms with Crippen molar-refractivity contribution in [3.63, 3.8) is 0 Å². The van der Waals surface area contributed by atoms with Crippen LogP contribution in [0.15, 0.2) is 72.8 Å². The maximum Gasteiger partial charge on any atom is 0.130 e. The molecule has 0 bridgehead atoms. The fourth-order valence-corrected chi connectivity index (χ4v) is 4.13. The van der Waals surface area contributed by atoms with Crippen molar-refractivity contribution in [3.05, 3.63) is 78.4 Å². The van der Waals surface area contributed by atoms with Gasteiger partial charge in [0.15, 0.2) is 0 Å². The fraction of sp³-hybridized carbons (Fsp3) is 0.130. The molecule has 4 aromatic carbocycles. The summed E-state index contributed by atoms with van der Waals surface area (Å²) in [7, 11) is 0. The molecule has 0 N–H and O–H groups in total.